The molecule has 0 saturated carbocycles. The number of likely N-dealkylation sites (tertiary alicyclic amines) is 1. The predicted molar refractivity (Wildman–Crippen MR) is 189 cm³/mol. The van der Waals surface area contributed by atoms with Crippen LogP contribution in [-0.2, 0) is 14.3 Å². The van der Waals surface area contributed by atoms with Crippen molar-refractivity contribution >= 4 is 52.5 Å². The number of rotatable bonds is 6. The van der Waals surface area contributed by atoms with Crippen molar-refractivity contribution < 1.29 is 27.9 Å². The molecule has 8 nitrogen and oxygen atoms in total. The first kappa shape index (κ1) is 35.8. The molecule has 4 aromatic rings. The monoisotopic (exact) mass is 708 g/mol. The minimum absolute atomic E-state index is 0.0402. The Kier molecular flexibility index (Phi) is 11.2. The van der Waals surface area contributed by atoms with Crippen LogP contribution in [0.2, 0.25) is 10.0 Å². The van der Waals surface area contributed by atoms with Crippen LogP contribution in [0.4, 0.5) is 25.0 Å². The molecular formula is C37H36Cl2F2N4O4. The molecule has 3 N–H and O–H groups in total. The zero-order chi connectivity index (χ0) is 35.3. The quantitative estimate of drug-likeness (QED) is 0.186. The molecule has 0 aliphatic carbocycles. The third-order valence-corrected chi connectivity index (χ3v) is 8.59. The van der Waals surface area contributed by atoms with Crippen LogP contribution >= 0.6 is 23.2 Å². The van der Waals surface area contributed by atoms with Gasteiger partial charge in [0.2, 0.25) is 11.8 Å². The van der Waals surface area contributed by atoms with E-state index in [0.717, 1.165) is 13.0 Å². The summed E-state index contributed by atoms with van der Waals surface area (Å²) in [5, 5.41) is 9.08. The van der Waals surface area contributed by atoms with Gasteiger partial charge in [0.1, 0.15) is 11.6 Å². The summed E-state index contributed by atoms with van der Waals surface area (Å²) in [4.78, 5) is 38.0. The number of amides is 3. The minimum atomic E-state index is -0.682. The fraction of sp³-hybridized carbons (Fsp3) is 0.270. The number of nitrogens with zero attached hydrogens (tertiary/aromatic N) is 1. The van der Waals surface area contributed by atoms with Crippen molar-refractivity contribution in [2.24, 2.45) is 0 Å². The number of carbonyl (C=O) groups excluding carboxylic acids is 3. The lowest BCUT2D eigenvalue weighted by Gasteiger charge is -2.40. The van der Waals surface area contributed by atoms with Crippen LogP contribution in [0.15, 0.2) is 84.9 Å². The molecule has 6 rings (SSSR count). The van der Waals surface area contributed by atoms with Crippen molar-refractivity contribution in [2.45, 2.75) is 51.3 Å². The highest BCUT2D eigenvalue weighted by Gasteiger charge is 2.40. The van der Waals surface area contributed by atoms with Crippen molar-refractivity contribution in [3.63, 3.8) is 0 Å². The summed E-state index contributed by atoms with van der Waals surface area (Å²) in [5.74, 6) is -1.71. The van der Waals surface area contributed by atoms with Gasteiger partial charge in [-0.2, -0.15) is 0 Å². The molecule has 2 aliphatic heterocycles. The van der Waals surface area contributed by atoms with E-state index in [0.29, 0.717) is 45.3 Å². The van der Waals surface area contributed by atoms with Crippen LogP contribution in [0.5, 0.6) is 0 Å². The fourth-order valence-electron chi connectivity index (χ4n) is 5.18. The molecule has 2 atom stereocenters. The second-order valence-corrected chi connectivity index (χ2v) is 13.4. The highest BCUT2D eigenvalue weighted by Crippen LogP contribution is 2.34. The molecule has 2 fully saturated rings. The fourth-order valence-corrected chi connectivity index (χ4v) is 5.65. The Hall–Kier alpha value is -4.51. The normalized spacial score (nSPS) is 16.7. The van der Waals surface area contributed by atoms with Gasteiger partial charge in [0.15, 0.2) is 11.6 Å². The zero-order valence-corrected chi connectivity index (χ0v) is 28.7. The van der Waals surface area contributed by atoms with Gasteiger partial charge in [0, 0.05) is 38.8 Å². The van der Waals surface area contributed by atoms with Gasteiger partial charge in [0.05, 0.1) is 17.4 Å². The third-order valence-electron chi connectivity index (χ3n) is 7.93. The van der Waals surface area contributed by atoms with Crippen LogP contribution in [-0.4, -0.2) is 53.6 Å². The molecule has 3 amide bonds. The highest BCUT2D eigenvalue weighted by molar-refractivity contribution is 6.33. The molecule has 49 heavy (non-hydrogen) atoms. The van der Waals surface area contributed by atoms with E-state index in [2.05, 4.69) is 16.0 Å². The predicted octanol–water partition coefficient (Wildman–Crippen LogP) is 8.54. The average Bonchev–Trinajstić information content (AvgIpc) is 2.98. The van der Waals surface area contributed by atoms with Crippen molar-refractivity contribution in [2.75, 3.05) is 23.7 Å². The molecule has 4 aromatic carbocycles. The van der Waals surface area contributed by atoms with Gasteiger partial charge in [-0.15, -0.1) is 0 Å². The van der Waals surface area contributed by atoms with Gasteiger partial charge >= 0.3 is 6.09 Å². The lowest BCUT2D eigenvalue weighted by atomic mass is 10.0. The zero-order valence-electron chi connectivity index (χ0n) is 27.2. The van der Waals surface area contributed by atoms with E-state index in [1.54, 1.807) is 99.6 Å². The highest BCUT2D eigenvalue weighted by atomic mass is 35.5. The maximum Gasteiger partial charge on any atom is 0.410 e. The summed E-state index contributed by atoms with van der Waals surface area (Å²) in [6.07, 6.45) is 0.721. The Morgan fingerprint density at radius 3 is 1.61 bits per heavy atom. The van der Waals surface area contributed by atoms with Gasteiger partial charge in [-0.25, -0.2) is 13.6 Å². The lowest BCUT2D eigenvalue weighted by molar-refractivity contribution is -0.125. The van der Waals surface area contributed by atoms with Crippen LogP contribution in [0.1, 0.15) is 33.6 Å². The number of benzene rings is 4. The van der Waals surface area contributed by atoms with Crippen molar-refractivity contribution in [3.05, 3.63) is 107 Å². The molecule has 256 valence electrons. The van der Waals surface area contributed by atoms with Gasteiger partial charge in [0.25, 0.3) is 0 Å². The average molecular weight is 710 g/mol. The Bertz CT molecular complexity index is 1860. The topological polar surface area (TPSA) is 99.8 Å². The molecule has 0 spiro atoms. The van der Waals surface area contributed by atoms with Crippen LogP contribution in [0.3, 0.4) is 0 Å². The van der Waals surface area contributed by atoms with E-state index in [9.17, 15) is 23.2 Å². The Labute approximate surface area is 293 Å². The second kappa shape index (κ2) is 15.4. The lowest BCUT2D eigenvalue weighted by Crippen LogP contribution is -2.57. The molecular weight excluding hydrogens is 673 g/mol. The van der Waals surface area contributed by atoms with Crippen molar-refractivity contribution in [1.82, 2.24) is 10.2 Å². The Morgan fingerprint density at radius 1 is 0.735 bits per heavy atom. The van der Waals surface area contributed by atoms with E-state index in [-0.39, 0.29) is 23.3 Å². The summed E-state index contributed by atoms with van der Waals surface area (Å²) in [7, 11) is 0. The smallest absolute Gasteiger partial charge is 0.410 e. The van der Waals surface area contributed by atoms with Gasteiger partial charge in [-0.1, -0.05) is 83.9 Å². The third kappa shape index (κ3) is 8.57. The summed E-state index contributed by atoms with van der Waals surface area (Å²) in [6.45, 7) is 6.52. The molecule has 0 unspecified atom stereocenters. The number of halogens is 4. The van der Waals surface area contributed by atoms with Gasteiger partial charge in [-0.05, 0) is 64.4 Å². The molecule has 0 radical (unpaired) electrons. The van der Waals surface area contributed by atoms with E-state index in [1.165, 1.54) is 11.0 Å². The molecule has 2 aliphatic rings. The van der Waals surface area contributed by atoms with Crippen LogP contribution < -0.4 is 16.0 Å². The number of ether oxygens (including phenoxy) is 1. The molecule has 12 heteroatoms. The number of nitrogens with one attached hydrogen (secondary N) is 3. The van der Waals surface area contributed by atoms with E-state index in [1.807, 2.05) is 0 Å². The number of hydrogen-bond donors (Lipinski definition) is 3. The summed E-state index contributed by atoms with van der Waals surface area (Å²) in [5.41, 5.74) is 1.38. The summed E-state index contributed by atoms with van der Waals surface area (Å²) in [6, 6.07) is 22.7. The first-order chi connectivity index (χ1) is 23.3. The number of hydrogen-bond acceptors (Lipinski definition) is 5. The maximum atomic E-state index is 15.0. The SMILES string of the molecule is CC(C)(C)OC(=O)N1CC[C@H]1C(=O)Nc1cccc(-c2ccccc2Cl)c1F.O=C(Nc1cccc(-c2ccccc2Cl)c1F)[C@@H]1CCN1. The molecule has 2 heterocycles. The van der Waals surface area contributed by atoms with Crippen LogP contribution in [0, 0.1) is 11.6 Å². The van der Waals surface area contributed by atoms with Gasteiger partial charge in [-0.3, -0.25) is 14.5 Å². The first-order valence-electron chi connectivity index (χ1n) is 15.8. The van der Waals surface area contributed by atoms with Crippen LogP contribution in [0.25, 0.3) is 22.3 Å². The number of carbonyl (C=O) groups is 3. The Balaban J connectivity index is 0.000000199. The maximum absolute atomic E-state index is 15.0. The van der Waals surface area contributed by atoms with E-state index in [4.69, 9.17) is 27.9 Å². The van der Waals surface area contributed by atoms with E-state index >= 15 is 0 Å². The largest absolute Gasteiger partial charge is 0.444 e. The standard InChI is InChI=1S/C21H22ClFN2O3.C16H14ClFN2O/c1-21(2,3)28-20(27)25-12-11-17(25)19(26)24-16-10-6-8-14(18(16)23)13-7-4-5-9-15(13)22;17-12-6-2-1-4-10(12)11-5-3-7-13(15(11)18)20-16(21)14-8-9-19-14/h4-10,17H,11-12H2,1-3H3,(H,24,26);1-7,14,19H,8-9H2,(H,20,21)/t17-;14-/m00/s1. The Morgan fingerprint density at radius 2 is 1.20 bits per heavy atom. The first-order valence-corrected chi connectivity index (χ1v) is 16.5. The van der Waals surface area contributed by atoms with E-state index < -0.39 is 35.3 Å². The minimum Gasteiger partial charge on any atom is -0.444 e. The molecule has 0 aromatic heterocycles. The van der Waals surface area contributed by atoms with Crippen molar-refractivity contribution in [1.29, 1.82) is 0 Å². The summed E-state index contributed by atoms with van der Waals surface area (Å²) < 4.78 is 34.9. The molecule has 2 saturated heterocycles. The number of anilines is 2. The summed E-state index contributed by atoms with van der Waals surface area (Å²) >= 11 is 12.3. The molecule has 0 bridgehead atoms. The second-order valence-electron chi connectivity index (χ2n) is 12.5. The van der Waals surface area contributed by atoms with Crippen molar-refractivity contribution in [3.8, 4) is 22.3 Å². The van der Waals surface area contributed by atoms with Gasteiger partial charge < -0.3 is 20.7 Å².